The standard InChI is InChI=1S/C26H22BrNO4/c1-3-30-24-15-18(11-12-23(24)31-16-20-8-4-5-10-21(20)27)14-22-26(29)32-25(28-22)19-9-6-7-17(2)13-19/h4-15H,3,16H2,1-2H3. The number of aryl methyl sites for hydroxylation is 1. The van der Waals surface area contributed by atoms with Crippen LogP contribution in [0.1, 0.15) is 29.2 Å². The highest BCUT2D eigenvalue weighted by atomic mass is 79.9. The van der Waals surface area contributed by atoms with Crippen LogP contribution < -0.4 is 9.47 Å². The van der Waals surface area contributed by atoms with E-state index in [1.807, 2.05) is 80.6 Å². The molecule has 3 aromatic carbocycles. The summed E-state index contributed by atoms with van der Waals surface area (Å²) in [6.07, 6.45) is 1.69. The van der Waals surface area contributed by atoms with Crippen LogP contribution in [0.25, 0.3) is 6.08 Å². The molecule has 162 valence electrons. The van der Waals surface area contributed by atoms with E-state index >= 15 is 0 Å². The zero-order valence-electron chi connectivity index (χ0n) is 17.8. The lowest BCUT2D eigenvalue weighted by atomic mass is 10.1. The molecule has 3 aromatic rings. The van der Waals surface area contributed by atoms with E-state index in [0.29, 0.717) is 30.6 Å². The lowest BCUT2D eigenvalue weighted by Crippen LogP contribution is -2.05. The second kappa shape index (κ2) is 9.83. The zero-order valence-corrected chi connectivity index (χ0v) is 19.4. The normalized spacial score (nSPS) is 14.3. The average molecular weight is 492 g/mol. The van der Waals surface area contributed by atoms with Gasteiger partial charge in [-0.15, -0.1) is 0 Å². The zero-order chi connectivity index (χ0) is 22.5. The molecule has 1 aliphatic rings. The maximum Gasteiger partial charge on any atom is 0.363 e. The van der Waals surface area contributed by atoms with E-state index in [1.165, 1.54) is 0 Å². The van der Waals surface area contributed by atoms with Crippen LogP contribution in [0.5, 0.6) is 11.5 Å². The minimum atomic E-state index is -0.478. The summed E-state index contributed by atoms with van der Waals surface area (Å²) >= 11 is 3.54. The molecule has 5 nitrogen and oxygen atoms in total. The van der Waals surface area contributed by atoms with Gasteiger partial charge in [-0.3, -0.25) is 0 Å². The molecule has 0 bridgehead atoms. The van der Waals surface area contributed by atoms with Gasteiger partial charge in [-0.05, 0) is 55.8 Å². The van der Waals surface area contributed by atoms with Crippen LogP contribution in [0.4, 0.5) is 0 Å². The number of carbonyl (C=O) groups excluding carboxylic acids is 1. The fourth-order valence-electron chi connectivity index (χ4n) is 3.24. The topological polar surface area (TPSA) is 57.1 Å². The Labute approximate surface area is 195 Å². The molecule has 0 saturated carbocycles. The van der Waals surface area contributed by atoms with Crippen molar-refractivity contribution in [3.05, 3.63) is 99.2 Å². The second-order valence-corrected chi connectivity index (χ2v) is 8.08. The second-order valence-electron chi connectivity index (χ2n) is 7.22. The van der Waals surface area contributed by atoms with E-state index in [1.54, 1.807) is 6.08 Å². The molecule has 6 heteroatoms. The van der Waals surface area contributed by atoms with Gasteiger partial charge in [-0.1, -0.05) is 57.9 Å². The van der Waals surface area contributed by atoms with Crippen LogP contribution in [0.2, 0.25) is 0 Å². The van der Waals surface area contributed by atoms with Gasteiger partial charge in [0.25, 0.3) is 0 Å². The molecule has 32 heavy (non-hydrogen) atoms. The number of halogens is 1. The molecule has 4 rings (SSSR count). The van der Waals surface area contributed by atoms with Crippen molar-refractivity contribution in [1.82, 2.24) is 0 Å². The molecule has 0 unspecified atom stereocenters. The van der Waals surface area contributed by atoms with Crippen molar-refractivity contribution in [2.75, 3.05) is 6.61 Å². The first kappa shape index (κ1) is 21.8. The van der Waals surface area contributed by atoms with Crippen LogP contribution in [0.3, 0.4) is 0 Å². The van der Waals surface area contributed by atoms with Crippen molar-refractivity contribution in [3.8, 4) is 11.5 Å². The molecule has 0 aliphatic carbocycles. The first-order chi connectivity index (χ1) is 15.5. The van der Waals surface area contributed by atoms with Crippen molar-refractivity contribution in [3.63, 3.8) is 0 Å². The summed E-state index contributed by atoms with van der Waals surface area (Å²) in [7, 11) is 0. The maximum atomic E-state index is 12.4. The van der Waals surface area contributed by atoms with Crippen LogP contribution >= 0.6 is 15.9 Å². The van der Waals surface area contributed by atoms with Gasteiger partial charge in [0.1, 0.15) is 6.61 Å². The summed E-state index contributed by atoms with van der Waals surface area (Å²) < 4.78 is 18.1. The lowest BCUT2D eigenvalue weighted by Gasteiger charge is -2.13. The number of aliphatic imine (C=N–C) groups is 1. The monoisotopic (exact) mass is 491 g/mol. The highest BCUT2D eigenvalue weighted by Gasteiger charge is 2.24. The predicted molar refractivity (Wildman–Crippen MR) is 128 cm³/mol. The number of carbonyl (C=O) groups is 1. The molecular weight excluding hydrogens is 470 g/mol. The molecule has 1 heterocycles. The molecular formula is C26H22BrNO4. The molecule has 0 fully saturated rings. The van der Waals surface area contributed by atoms with Crippen molar-refractivity contribution in [2.24, 2.45) is 4.99 Å². The van der Waals surface area contributed by atoms with E-state index in [-0.39, 0.29) is 5.70 Å². The van der Waals surface area contributed by atoms with Crippen LogP contribution in [0, 0.1) is 6.92 Å². The Kier molecular flexibility index (Phi) is 6.71. The molecule has 0 amide bonds. The van der Waals surface area contributed by atoms with Crippen LogP contribution in [-0.2, 0) is 16.1 Å². The van der Waals surface area contributed by atoms with E-state index in [9.17, 15) is 4.79 Å². The predicted octanol–water partition coefficient (Wildman–Crippen LogP) is 6.08. The van der Waals surface area contributed by atoms with Gasteiger partial charge in [0.2, 0.25) is 5.90 Å². The lowest BCUT2D eigenvalue weighted by molar-refractivity contribution is -0.129. The average Bonchev–Trinajstić information content (AvgIpc) is 3.15. The number of nitrogens with zero attached hydrogens (tertiary/aromatic N) is 1. The molecule has 0 spiro atoms. The van der Waals surface area contributed by atoms with Crippen LogP contribution in [-0.4, -0.2) is 18.5 Å². The third-order valence-electron chi connectivity index (χ3n) is 4.80. The number of hydrogen-bond acceptors (Lipinski definition) is 5. The van der Waals surface area contributed by atoms with Gasteiger partial charge in [-0.2, -0.15) is 0 Å². The van der Waals surface area contributed by atoms with Gasteiger partial charge in [0.05, 0.1) is 6.61 Å². The van der Waals surface area contributed by atoms with Crippen molar-refractivity contribution in [2.45, 2.75) is 20.5 Å². The number of hydrogen-bond donors (Lipinski definition) is 0. The summed E-state index contributed by atoms with van der Waals surface area (Å²) in [5.41, 5.74) is 3.88. The third kappa shape index (κ3) is 5.08. The fourth-order valence-corrected chi connectivity index (χ4v) is 3.64. The molecule has 0 saturated heterocycles. The highest BCUT2D eigenvalue weighted by Crippen LogP contribution is 2.31. The van der Waals surface area contributed by atoms with Gasteiger partial charge in [0, 0.05) is 15.6 Å². The summed E-state index contributed by atoms with van der Waals surface area (Å²) in [5, 5.41) is 0. The Hall–Kier alpha value is -3.38. The van der Waals surface area contributed by atoms with E-state index in [0.717, 1.165) is 26.7 Å². The molecule has 1 aliphatic heterocycles. The van der Waals surface area contributed by atoms with Gasteiger partial charge in [-0.25, -0.2) is 9.79 Å². The van der Waals surface area contributed by atoms with E-state index in [2.05, 4.69) is 20.9 Å². The molecule has 0 N–H and O–H groups in total. The van der Waals surface area contributed by atoms with Crippen molar-refractivity contribution < 1.29 is 19.0 Å². The maximum absolute atomic E-state index is 12.4. The summed E-state index contributed by atoms with van der Waals surface area (Å²) in [5.74, 6) is 1.06. The first-order valence-corrected chi connectivity index (χ1v) is 11.1. The number of cyclic esters (lactones) is 1. The van der Waals surface area contributed by atoms with Gasteiger partial charge < -0.3 is 14.2 Å². The Bertz CT molecular complexity index is 1220. The Morgan fingerprint density at radius 3 is 2.62 bits per heavy atom. The Balaban J connectivity index is 1.57. The van der Waals surface area contributed by atoms with Gasteiger partial charge in [0.15, 0.2) is 17.2 Å². The smallest absolute Gasteiger partial charge is 0.363 e. The summed E-state index contributed by atoms with van der Waals surface area (Å²) in [6.45, 7) is 4.78. The Morgan fingerprint density at radius 1 is 1.00 bits per heavy atom. The van der Waals surface area contributed by atoms with Crippen molar-refractivity contribution in [1.29, 1.82) is 0 Å². The van der Waals surface area contributed by atoms with Crippen molar-refractivity contribution >= 4 is 33.9 Å². The minimum absolute atomic E-state index is 0.242. The molecule has 0 atom stereocenters. The van der Waals surface area contributed by atoms with E-state index in [4.69, 9.17) is 14.2 Å². The number of esters is 1. The SMILES string of the molecule is CCOc1cc(C=C2N=C(c3cccc(C)c3)OC2=O)ccc1OCc1ccccc1Br. The third-order valence-corrected chi connectivity index (χ3v) is 5.57. The quantitative estimate of drug-likeness (QED) is 0.296. The van der Waals surface area contributed by atoms with E-state index < -0.39 is 5.97 Å². The highest BCUT2D eigenvalue weighted by molar-refractivity contribution is 9.10. The van der Waals surface area contributed by atoms with Crippen LogP contribution in [0.15, 0.2) is 81.9 Å². The fraction of sp³-hybridized carbons (Fsp3) is 0.154. The number of benzene rings is 3. The molecule has 0 radical (unpaired) electrons. The number of ether oxygens (including phenoxy) is 3. The largest absolute Gasteiger partial charge is 0.490 e. The van der Waals surface area contributed by atoms with Gasteiger partial charge >= 0.3 is 5.97 Å². The number of rotatable bonds is 7. The summed E-state index contributed by atoms with van der Waals surface area (Å²) in [4.78, 5) is 16.7. The molecule has 0 aromatic heterocycles. The summed E-state index contributed by atoms with van der Waals surface area (Å²) in [6, 6.07) is 21.1. The Morgan fingerprint density at radius 2 is 1.84 bits per heavy atom. The first-order valence-electron chi connectivity index (χ1n) is 10.3. The minimum Gasteiger partial charge on any atom is -0.490 e.